The van der Waals surface area contributed by atoms with E-state index in [0.29, 0.717) is 50.1 Å². The molecule has 0 bridgehead atoms. The molecule has 0 radical (unpaired) electrons. The van der Waals surface area contributed by atoms with Gasteiger partial charge in [-0.15, -0.1) is 11.3 Å². The van der Waals surface area contributed by atoms with Gasteiger partial charge in [-0.05, 0) is 106 Å². The van der Waals surface area contributed by atoms with E-state index in [1.807, 2.05) is 0 Å². The summed E-state index contributed by atoms with van der Waals surface area (Å²) in [6.45, 7) is 2.50. The Labute approximate surface area is 310 Å². The van der Waals surface area contributed by atoms with Gasteiger partial charge in [0.05, 0.1) is 4.47 Å². The number of piperidine rings is 2. The van der Waals surface area contributed by atoms with Crippen molar-refractivity contribution in [3.05, 3.63) is 67.0 Å². The molecule has 2 fully saturated rings. The summed E-state index contributed by atoms with van der Waals surface area (Å²) in [6, 6.07) is 3.82. The molecule has 1 unspecified atom stereocenters. The lowest BCUT2D eigenvalue weighted by Gasteiger charge is -2.34. The van der Waals surface area contributed by atoms with Crippen molar-refractivity contribution < 1.29 is 35.5 Å². The molecular weight excluding hydrogens is 854 g/mol. The molecule has 2 aliphatic rings. The number of halogens is 5. The van der Waals surface area contributed by atoms with Crippen LogP contribution in [0.4, 0.5) is 14.6 Å². The third kappa shape index (κ3) is 9.78. The Morgan fingerprint density at radius 2 is 1.55 bits per heavy atom. The number of pyridine rings is 1. The number of sulfonamides is 2. The molecule has 10 nitrogen and oxygen atoms in total. The highest BCUT2D eigenvalue weighted by Crippen LogP contribution is 2.37. The van der Waals surface area contributed by atoms with Crippen molar-refractivity contribution >= 4 is 86.6 Å². The Bertz CT molecular complexity index is 1850. The minimum absolute atomic E-state index is 0.00536. The van der Waals surface area contributed by atoms with Gasteiger partial charge in [-0.1, -0.05) is 30.9 Å². The first-order chi connectivity index (χ1) is 23.1. The number of hydrogen-bond acceptors (Lipinski definition) is 8. The van der Waals surface area contributed by atoms with E-state index in [9.17, 15) is 35.5 Å². The van der Waals surface area contributed by atoms with Crippen molar-refractivity contribution in [2.75, 3.05) is 31.1 Å². The Hall–Kier alpha value is -1.73. The van der Waals surface area contributed by atoms with Crippen LogP contribution in [0.1, 0.15) is 50.5 Å². The number of benzene rings is 1. The molecule has 0 amide bonds. The molecule has 1 atom stereocenters. The van der Waals surface area contributed by atoms with Gasteiger partial charge < -0.3 is 10.0 Å². The zero-order valence-corrected chi connectivity index (χ0v) is 32.5. The largest absolute Gasteiger partial charge is 0.480 e. The molecule has 1 aromatic carbocycles. The van der Waals surface area contributed by atoms with Crippen LogP contribution in [-0.4, -0.2) is 69.4 Å². The van der Waals surface area contributed by atoms with Gasteiger partial charge in [0.15, 0.2) is 0 Å². The maximum absolute atomic E-state index is 13.6. The quantitative estimate of drug-likeness (QED) is 0.186. The summed E-state index contributed by atoms with van der Waals surface area (Å²) < 4.78 is 84.7. The van der Waals surface area contributed by atoms with E-state index in [4.69, 9.17) is 11.6 Å². The van der Waals surface area contributed by atoms with Gasteiger partial charge in [0.25, 0.3) is 10.0 Å². The lowest BCUT2D eigenvalue weighted by Crippen LogP contribution is -2.42. The lowest BCUT2D eigenvalue weighted by molar-refractivity contribution is -0.138. The Morgan fingerprint density at radius 3 is 2.08 bits per heavy atom. The number of carboxylic acids is 1. The van der Waals surface area contributed by atoms with Gasteiger partial charge in [-0.2, -0.15) is 9.03 Å². The molecular formula is C31H35Br2ClF2N4O6S3. The van der Waals surface area contributed by atoms with Gasteiger partial charge in [-0.3, -0.25) is 4.79 Å². The second-order valence-corrected chi connectivity index (χ2v) is 19.6. The van der Waals surface area contributed by atoms with Gasteiger partial charge in [-0.25, -0.2) is 30.6 Å². The smallest absolute Gasteiger partial charge is 0.322 e. The summed E-state index contributed by atoms with van der Waals surface area (Å²) >= 11 is 13.8. The summed E-state index contributed by atoms with van der Waals surface area (Å²) in [5, 5.41) is 9.60. The summed E-state index contributed by atoms with van der Waals surface area (Å²) in [5.74, 6) is -1.67. The topological polar surface area (TPSA) is 137 Å². The minimum atomic E-state index is -4.34. The molecule has 2 aliphatic heterocycles. The fraction of sp³-hybridized carbons (Fsp3) is 0.484. The van der Waals surface area contributed by atoms with Crippen LogP contribution < -0.4 is 9.62 Å². The predicted octanol–water partition coefficient (Wildman–Crippen LogP) is 7.06. The van der Waals surface area contributed by atoms with E-state index >= 15 is 0 Å². The number of carbonyl (C=O) groups is 1. The van der Waals surface area contributed by atoms with Gasteiger partial charge in [0.1, 0.15) is 36.9 Å². The Morgan fingerprint density at radius 1 is 0.959 bits per heavy atom. The summed E-state index contributed by atoms with van der Waals surface area (Å²) in [7, 11) is -7.87. The van der Waals surface area contributed by atoms with Crippen molar-refractivity contribution in [1.82, 2.24) is 14.0 Å². The first-order valence-electron chi connectivity index (χ1n) is 15.7. The zero-order valence-electron chi connectivity index (χ0n) is 26.1. The molecule has 2 N–H and O–H groups in total. The Kier molecular flexibility index (Phi) is 12.8. The van der Waals surface area contributed by atoms with E-state index < -0.39 is 50.1 Å². The number of nitrogens with zero attached hydrogens (tertiary/aromatic N) is 3. The number of hydrogen-bond donors (Lipinski definition) is 2. The molecule has 268 valence electrons. The van der Waals surface area contributed by atoms with E-state index in [-0.39, 0.29) is 14.7 Å². The van der Waals surface area contributed by atoms with Crippen molar-refractivity contribution in [3.63, 3.8) is 0 Å². The number of aliphatic carboxylic acids is 1. The molecule has 0 spiro atoms. The molecule has 18 heteroatoms. The van der Waals surface area contributed by atoms with E-state index in [1.165, 1.54) is 12.3 Å². The third-order valence-corrected chi connectivity index (χ3v) is 15.8. The molecule has 2 aromatic heterocycles. The lowest BCUT2D eigenvalue weighted by atomic mass is 9.87. The Balaban J connectivity index is 1.07. The van der Waals surface area contributed by atoms with Crippen LogP contribution in [0.25, 0.3) is 0 Å². The van der Waals surface area contributed by atoms with Gasteiger partial charge in [0, 0.05) is 42.9 Å². The van der Waals surface area contributed by atoms with Crippen molar-refractivity contribution in [3.8, 4) is 0 Å². The molecule has 2 saturated heterocycles. The summed E-state index contributed by atoms with van der Waals surface area (Å²) in [6.07, 6.45) is 7.49. The molecule has 0 aliphatic carbocycles. The van der Waals surface area contributed by atoms with Crippen LogP contribution in [0.2, 0.25) is 4.34 Å². The van der Waals surface area contributed by atoms with Crippen LogP contribution in [0, 0.1) is 23.5 Å². The number of aromatic nitrogens is 1. The number of anilines is 1. The normalized spacial score (nSPS) is 17.8. The SMILES string of the molecule is O=C(O)C(Cc1cc(F)cc(F)c1)NS(=O)(=O)c1cnc(N2CCC(CCCC3CCN(S(=O)(=O)c4cc(Br)c(Cl)s4)CC3)CC2)c(Br)c1. The fourth-order valence-electron chi connectivity index (χ4n) is 6.34. The highest BCUT2D eigenvalue weighted by Gasteiger charge is 2.32. The van der Waals surface area contributed by atoms with Crippen LogP contribution >= 0.6 is 54.8 Å². The van der Waals surface area contributed by atoms with Crippen LogP contribution in [0.3, 0.4) is 0 Å². The number of thiophene rings is 1. The standard InChI is InChI=1S/C31H35Br2ClF2N4O6S3/c32-25-17-28(47-29(25)34)49(45,46)40-10-6-20(7-11-40)3-1-2-19-4-8-39(9-5-19)30-26(33)16-24(18-37-30)48(43,44)38-27(31(41)42)14-21-12-22(35)15-23(36)13-21/h12-13,15-20,27,38H,1-11,14H2,(H,41,42). The average molecular weight is 889 g/mol. The molecule has 5 rings (SSSR count). The first kappa shape index (κ1) is 38.5. The van der Waals surface area contributed by atoms with Crippen molar-refractivity contribution in [1.29, 1.82) is 0 Å². The monoisotopic (exact) mass is 886 g/mol. The van der Waals surface area contributed by atoms with Gasteiger partial charge in [0.2, 0.25) is 10.0 Å². The highest BCUT2D eigenvalue weighted by atomic mass is 79.9. The van der Waals surface area contributed by atoms with Crippen LogP contribution in [-0.2, 0) is 31.3 Å². The molecule has 4 heterocycles. The molecule has 0 saturated carbocycles. The maximum atomic E-state index is 13.6. The van der Waals surface area contributed by atoms with E-state index in [2.05, 4.69) is 46.5 Å². The van der Waals surface area contributed by atoms with Crippen LogP contribution in [0.15, 0.2) is 54.6 Å². The number of nitrogens with one attached hydrogen (secondary N) is 1. The molecule has 49 heavy (non-hydrogen) atoms. The molecule has 3 aromatic rings. The predicted molar refractivity (Wildman–Crippen MR) is 191 cm³/mol. The van der Waals surface area contributed by atoms with Crippen molar-refractivity contribution in [2.24, 2.45) is 11.8 Å². The van der Waals surface area contributed by atoms with Gasteiger partial charge >= 0.3 is 5.97 Å². The maximum Gasteiger partial charge on any atom is 0.322 e. The van der Waals surface area contributed by atoms with E-state index in [0.717, 1.165) is 81.5 Å². The highest BCUT2D eigenvalue weighted by molar-refractivity contribution is 9.11. The zero-order chi connectivity index (χ0) is 35.5. The van der Waals surface area contributed by atoms with E-state index in [1.54, 1.807) is 10.4 Å². The van der Waals surface area contributed by atoms with Crippen LogP contribution in [0.5, 0.6) is 0 Å². The number of carboxylic acid groups (broad SMARTS) is 1. The summed E-state index contributed by atoms with van der Waals surface area (Å²) in [5.41, 5.74) is -0.00536. The third-order valence-electron chi connectivity index (χ3n) is 8.99. The minimum Gasteiger partial charge on any atom is -0.480 e. The van der Waals surface area contributed by atoms with Crippen molar-refractivity contribution in [2.45, 2.75) is 66.5 Å². The summed E-state index contributed by atoms with van der Waals surface area (Å²) in [4.78, 5) is 18.0. The second-order valence-electron chi connectivity index (χ2n) is 12.4. The first-order valence-corrected chi connectivity index (χ1v) is 21.4. The second kappa shape index (κ2) is 16.3. The number of rotatable bonds is 13. The average Bonchev–Trinajstić information content (AvgIpc) is 3.39. The fourth-order valence-corrected chi connectivity index (χ4v) is 12.2.